The summed E-state index contributed by atoms with van der Waals surface area (Å²) >= 11 is 1.54. The summed E-state index contributed by atoms with van der Waals surface area (Å²) in [5, 5.41) is 8.36. The quantitative estimate of drug-likeness (QED) is 0.466. The van der Waals surface area contributed by atoms with Crippen LogP contribution in [0.15, 0.2) is 0 Å². The second kappa shape index (κ2) is 5.43. The third-order valence-corrected chi connectivity index (χ3v) is 2.63. The zero-order chi connectivity index (χ0) is 11.4. The third-order valence-electron chi connectivity index (χ3n) is 1.57. The Morgan fingerprint density at radius 3 is 2.00 bits per heavy atom. The van der Waals surface area contributed by atoms with Gasteiger partial charge in [0.15, 0.2) is 0 Å². The molecule has 0 aliphatic carbocycles. The zero-order valence-corrected chi connectivity index (χ0v) is 9.28. The molecule has 86 valence electrons. The van der Waals surface area contributed by atoms with Crippen molar-refractivity contribution >= 4 is 22.6 Å². The lowest BCUT2D eigenvalue weighted by molar-refractivity contribution is -0.283. The Kier molecular flexibility index (Phi) is 5.56. The van der Waals surface area contributed by atoms with E-state index < -0.39 is 22.4 Å². The highest BCUT2D eigenvalue weighted by atomic mass is 127. The first-order valence-electron chi connectivity index (χ1n) is 3.90. The van der Waals surface area contributed by atoms with Gasteiger partial charge in [-0.15, -0.1) is 0 Å². The monoisotopic (exact) mass is 332 g/mol. The van der Waals surface area contributed by atoms with Gasteiger partial charge in [-0.2, -0.15) is 22.0 Å². The lowest BCUT2D eigenvalue weighted by Crippen LogP contribution is -2.38. The van der Waals surface area contributed by atoms with Gasteiger partial charge in [0.25, 0.3) is 0 Å². The average molecular weight is 332 g/mol. The van der Waals surface area contributed by atoms with Crippen molar-refractivity contribution in [3.8, 4) is 0 Å². The molecule has 0 saturated heterocycles. The van der Waals surface area contributed by atoms with E-state index in [1.54, 1.807) is 0 Å². The fraction of sp³-hybridized carbons (Fsp3) is 1.00. The molecule has 14 heavy (non-hydrogen) atoms. The van der Waals surface area contributed by atoms with E-state index in [0.29, 0.717) is 0 Å². The number of hydrogen-bond donors (Lipinski definition) is 1. The van der Waals surface area contributed by atoms with Crippen LogP contribution in [0.3, 0.4) is 0 Å². The number of hydrogen-bond acceptors (Lipinski definition) is 1. The SMILES string of the molecule is OCCCC(I)CC(F)(F)C(F)(F)F. The van der Waals surface area contributed by atoms with Gasteiger partial charge < -0.3 is 5.11 Å². The number of rotatable bonds is 5. The molecule has 0 aromatic heterocycles. The van der Waals surface area contributed by atoms with E-state index in [1.807, 2.05) is 0 Å². The molecular weight excluding hydrogens is 322 g/mol. The van der Waals surface area contributed by atoms with Crippen LogP contribution >= 0.6 is 22.6 Å². The Balaban J connectivity index is 4.08. The Morgan fingerprint density at radius 2 is 1.64 bits per heavy atom. The highest BCUT2D eigenvalue weighted by molar-refractivity contribution is 14.1. The fourth-order valence-electron chi connectivity index (χ4n) is 0.809. The molecule has 0 aliphatic rings. The Morgan fingerprint density at radius 1 is 1.14 bits per heavy atom. The van der Waals surface area contributed by atoms with Crippen molar-refractivity contribution < 1.29 is 27.1 Å². The lowest BCUT2D eigenvalue weighted by Gasteiger charge is -2.21. The molecule has 0 radical (unpaired) electrons. The molecule has 0 aliphatic heterocycles. The van der Waals surface area contributed by atoms with Gasteiger partial charge in [0.1, 0.15) is 0 Å². The molecular formula is C7H10F5IO. The summed E-state index contributed by atoms with van der Waals surface area (Å²) < 4.78 is 59.2. The van der Waals surface area contributed by atoms with Crippen molar-refractivity contribution in [2.75, 3.05) is 6.61 Å². The van der Waals surface area contributed by atoms with E-state index in [1.165, 1.54) is 22.6 Å². The minimum absolute atomic E-state index is 0.155. The number of aliphatic hydroxyl groups is 1. The van der Waals surface area contributed by atoms with Crippen molar-refractivity contribution in [1.82, 2.24) is 0 Å². The Bertz CT molecular complexity index is 170. The minimum atomic E-state index is -5.48. The minimum Gasteiger partial charge on any atom is -0.396 e. The van der Waals surface area contributed by atoms with Gasteiger partial charge in [0.2, 0.25) is 0 Å². The van der Waals surface area contributed by atoms with Crippen LogP contribution in [0.2, 0.25) is 0 Å². The predicted octanol–water partition coefficient (Wildman–Crippen LogP) is 3.15. The summed E-state index contributed by atoms with van der Waals surface area (Å²) in [4.78, 5) is 0. The second-order valence-electron chi connectivity index (χ2n) is 2.87. The molecule has 7 heteroatoms. The number of halogens is 6. The Labute approximate surface area is 91.8 Å². The summed E-state index contributed by atoms with van der Waals surface area (Å²) in [6, 6.07) is 0. The highest BCUT2D eigenvalue weighted by Crippen LogP contribution is 2.40. The maximum atomic E-state index is 12.4. The predicted molar refractivity (Wildman–Crippen MR) is 49.7 cm³/mol. The van der Waals surface area contributed by atoms with Crippen LogP contribution in [0.25, 0.3) is 0 Å². The molecule has 0 rings (SSSR count). The summed E-state index contributed by atoms with van der Waals surface area (Å²) in [6.45, 7) is -0.197. The van der Waals surface area contributed by atoms with Crippen molar-refractivity contribution in [2.24, 2.45) is 0 Å². The van der Waals surface area contributed by atoms with E-state index in [-0.39, 0.29) is 19.4 Å². The molecule has 0 amide bonds. The van der Waals surface area contributed by atoms with Gasteiger partial charge >= 0.3 is 12.1 Å². The molecule has 1 unspecified atom stereocenters. The van der Waals surface area contributed by atoms with Gasteiger partial charge in [-0.25, -0.2) is 0 Å². The van der Waals surface area contributed by atoms with Crippen LogP contribution in [-0.4, -0.2) is 27.7 Å². The van der Waals surface area contributed by atoms with Crippen molar-refractivity contribution in [3.05, 3.63) is 0 Å². The van der Waals surface area contributed by atoms with Crippen LogP contribution in [0.4, 0.5) is 22.0 Å². The van der Waals surface area contributed by atoms with Crippen molar-refractivity contribution in [1.29, 1.82) is 0 Å². The molecule has 0 aromatic carbocycles. The van der Waals surface area contributed by atoms with Crippen LogP contribution in [0, 0.1) is 0 Å². The Hall–Kier alpha value is 0.340. The standard InChI is InChI=1S/C7H10F5IO/c8-6(9,7(10,11)12)4-5(13)2-1-3-14/h5,14H,1-4H2. The molecule has 0 heterocycles. The van der Waals surface area contributed by atoms with Gasteiger partial charge in [-0.1, -0.05) is 22.6 Å². The van der Waals surface area contributed by atoms with Gasteiger partial charge in [-0.3, -0.25) is 0 Å². The molecule has 1 atom stereocenters. The van der Waals surface area contributed by atoms with Gasteiger partial charge in [-0.05, 0) is 12.8 Å². The van der Waals surface area contributed by atoms with Crippen LogP contribution < -0.4 is 0 Å². The molecule has 1 N–H and O–H groups in total. The molecule has 0 bridgehead atoms. The van der Waals surface area contributed by atoms with Crippen molar-refractivity contribution in [2.45, 2.75) is 35.3 Å². The fourth-order valence-corrected chi connectivity index (χ4v) is 1.80. The first kappa shape index (κ1) is 14.3. The van der Waals surface area contributed by atoms with Crippen LogP contribution in [0.5, 0.6) is 0 Å². The van der Waals surface area contributed by atoms with Crippen LogP contribution in [-0.2, 0) is 0 Å². The third kappa shape index (κ3) is 4.72. The number of alkyl halides is 6. The molecule has 1 nitrogen and oxygen atoms in total. The highest BCUT2D eigenvalue weighted by Gasteiger charge is 2.57. The summed E-state index contributed by atoms with van der Waals surface area (Å²) in [5.74, 6) is -4.63. The van der Waals surface area contributed by atoms with E-state index in [4.69, 9.17) is 5.11 Å². The summed E-state index contributed by atoms with van der Waals surface area (Å²) in [6.07, 6.45) is -6.31. The van der Waals surface area contributed by atoms with Gasteiger partial charge in [0, 0.05) is 17.0 Å². The first-order valence-corrected chi connectivity index (χ1v) is 5.15. The lowest BCUT2D eigenvalue weighted by atomic mass is 10.1. The zero-order valence-electron chi connectivity index (χ0n) is 7.12. The second-order valence-corrected chi connectivity index (χ2v) is 4.63. The smallest absolute Gasteiger partial charge is 0.396 e. The summed E-state index contributed by atoms with van der Waals surface area (Å²) in [7, 11) is 0. The maximum absolute atomic E-state index is 12.4. The topological polar surface area (TPSA) is 20.2 Å². The average Bonchev–Trinajstić information content (AvgIpc) is 1.97. The van der Waals surface area contributed by atoms with E-state index in [0.717, 1.165) is 0 Å². The molecule has 0 spiro atoms. The van der Waals surface area contributed by atoms with Crippen molar-refractivity contribution in [3.63, 3.8) is 0 Å². The van der Waals surface area contributed by atoms with E-state index in [2.05, 4.69) is 0 Å². The molecule has 0 saturated carbocycles. The molecule has 0 fully saturated rings. The number of aliphatic hydroxyl groups excluding tert-OH is 1. The normalized spacial score (nSPS) is 15.6. The largest absolute Gasteiger partial charge is 0.453 e. The van der Waals surface area contributed by atoms with E-state index in [9.17, 15) is 22.0 Å². The molecule has 0 aromatic rings. The maximum Gasteiger partial charge on any atom is 0.453 e. The van der Waals surface area contributed by atoms with Gasteiger partial charge in [0.05, 0.1) is 0 Å². The van der Waals surface area contributed by atoms with E-state index >= 15 is 0 Å². The first-order chi connectivity index (χ1) is 6.20. The summed E-state index contributed by atoms with van der Waals surface area (Å²) in [5.41, 5.74) is 0. The van der Waals surface area contributed by atoms with Crippen LogP contribution in [0.1, 0.15) is 19.3 Å².